The van der Waals surface area contributed by atoms with Gasteiger partial charge in [-0.1, -0.05) is 29.5 Å². The van der Waals surface area contributed by atoms with Gasteiger partial charge in [0.1, 0.15) is 6.20 Å². The Hall–Kier alpha value is -2.15. The minimum Gasteiger partial charge on any atom is -0.325 e. The molecule has 20 heavy (non-hydrogen) atoms. The van der Waals surface area contributed by atoms with Crippen LogP contribution in [-0.2, 0) is 4.79 Å². The molecule has 2 rings (SSSR count). The van der Waals surface area contributed by atoms with Crippen LogP contribution >= 0.6 is 11.8 Å². The van der Waals surface area contributed by atoms with E-state index in [0.29, 0.717) is 5.16 Å². The minimum atomic E-state index is -0.399. The highest BCUT2D eigenvalue weighted by atomic mass is 32.2. The zero-order valence-electron chi connectivity index (χ0n) is 11.1. The maximum Gasteiger partial charge on any atom is 0.270 e. The Labute approximate surface area is 120 Å². The number of nitrogens with zero attached hydrogens (tertiary/aromatic N) is 2. The SMILES string of the molecule is Cc1ccc(NC(=O)C(C)Sc2nncc(=O)[nH]2)cc1. The summed E-state index contributed by atoms with van der Waals surface area (Å²) in [5.41, 5.74) is 1.52. The van der Waals surface area contributed by atoms with Crippen molar-refractivity contribution in [1.29, 1.82) is 0 Å². The van der Waals surface area contributed by atoms with Crippen molar-refractivity contribution >= 4 is 23.4 Å². The standard InChI is InChI=1S/C13H14N4O2S/c1-8-3-5-10(6-4-8)15-12(19)9(2)20-13-16-11(18)7-14-17-13/h3-7,9H,1-2H3,(H,15,19)(H,16,17,18). The second kappa shape index (κ2) is 6.33. The normalized spacial score (nSPS) is 11.9. The molecule has 2 N–H and O–H groups in total. The summed E-state index contributed by atoms with van der Waals surface area (Å²) in [7, 11) is 0. The van der Waals surface area contributed by atoms with E-state index < -0.39 is 5.25 Å². The Balaban J connectivity index is 1.98. The van der Waals surface area contributed by atoms with E-state index in [-0.39, 0.29) is 11.5 Å². The van der Waals surface area contributed by atoms with E-state index >= 15 is 0 Å². The van der Waals surface area contributed by atoms with Crippen LogP contribution in [0.25, 0.3) is 0 Å². The van der Waals surface area contributed by atoms with Crippen LogP contribution in [0.5, 0.6) is 0 Å². The minimum absolute atomic E-state index is 0.162. The molecule has 7 heteroatoms. The van der Waals surface area contributed by atoms with Crippen LogP contribution in [0, 0.1) is 6.92 Å². The van der Waals surface area contributed by atoms with Crippen LogP contribution in [0.15, 0.2) is 40.4 Å². The number of hydrogen-bond donors (Lipinski definition) is 2. The van der Waals surface area contributed by atoms with Gasteiger partial charge in [-0.3, -0.25) is 14.6 Å². The molecule has 1 aromatic heterocycles. The van der Waals surface area contributed by atoms with Crippen molar-refractivity contribution in [2.45, 2.75) is 24.3 Å². The van der Waals surface area contributed by atoms with Crippen LogP contribution in [-0.4, -0.2) is 26.3 Å². The molecule has 1 amide bonds. The third-order valence-electron chi connectivity index (χ3n) is 2.53. The number of aromatic amines is 1. The topological polar surface area (TPSA) is 87.7 Å². The highest BCUT2D eigenvalue weighted by Crippen LogP contribution is 2.19. The van der Waals surface area contributed by atoms with Gasteiger partial charge < -0.3 is 5.32 Å². The number of anilines is 1. The summed E-state index contributed by atoms with van der Waals surface area (Å²) in [6.45, 7) is 3.72. The van der Waals surface area contributed by atoms with Crippen molar-refractivity contribution in [1.82, 2.24) is 15.2 Å². The largest absolute Gasteiger partial charge is 0.325 e. The van der Waals surface area contributed by atoms with Crippen molar-refractivity contribution < 1.29 is 4.79 Å². The maximum atomic E-state index is 12.0. The smallest absolute Gasteiger partial charge is 0.270 e. The third kappa shape index (κ3) is 3.92. The van der Waals surface area contributed by atoms with Gasteiger partial charge in [-0.05, 0) is 26.0 Å². The quantitative estimate of drug-likeness (QED) is 0.835. The lowest BCUT2D eigenvalue weighted by Crippen LogP contribution is -2.23. The fourth-order valence-corrected chi connectivity index (χ4v) is 2.21. The summed E-state index contributed by atoms with van der Waals surface area (Å²) in [4.78, 5) is 25.6. The van der Waals surface area contributed by atoms with E-state index in [0.717, 1.165) is 29.2 Å². The van der Waals surface area contributed by atoms with E-state index in [4.69, 9.17) is 0 Å². The number of benzene rings is 1. The van der Waals surface area contributed by atoms with Crippen LogP contribution < -0.4 is 10.9 Å². The molecule has 0 aliphatic rings. The average molecular weight is 290 g/mol. The van der Waals surface area contributed by atoms with E-state index in [2.05, 4.69) is 20.5 Å². The average Bonchev–Trinajstić information content (AvgIpc) is 2.41. The summed E-state index contributed by atoms with van der Waals surface area (Å²) in [5.74, 6) is -0.162. The molecular weight excluding hydrogens is 276 g/mol. The molecule has 0 saturated carbocycles. The van der Waals surface area contributed by atoms with Gasteiger partial charge in [0.25, 0.3) is 5.56 Å². The Morgan fingerprint density at radius 3 is 2.70 bits per heavy atom. The highest BCUT2D eigenvalue weighted by molar-refractivity contribution is 8.00. The fraction of sp³-hybridized carbons (Fsp3) is 0.231. The number of thioether (sulfide) groups is 1. The summed E-state index contributed by atoms with van der Waals surface area (Å²) in [6, 6.07) is 7.53. The van der Waals surface area contributed by atoms with Gasteiger partial charge in [0.05, 0.1) is 5.25 Å². The van der Waals surface area contributed by atoms with Crippen molar-refractivity contribution in [2.75, 3.05) is 5.32 Å². The highest BCUT2D eigenvalue weighted by Gasteiger charge is 2.16. The zero-order valence-corrected chi connectivity index (χ0v) is 11.9. The number of nitrogens with one attached hydrogen (secondary N) is 2. The Morgan fingerprint density at radius 2 is 2.05 bits per heavy atom. The lowest BCUT2D eigenvalue weighted by atomic mass is 10.2. The number of hydrogen-bond acceptors (Lipinski definition) is 5. The maximum absolute atomic E-state index is 12.0. The van der Waals surface area contributed by atoms with Crippen molar-refractivity contribution in [3.63, 3.8) is 0 Å². The molecule has 0 saturated heterocycles. The summed E-state index contributed by atoms with van der Waals surface area (Å²) < 4.78 is 0. The van der Waals surface area contributed by atoms with Gasteiger partial charge in [0.2, 0.25) is 5.91 Å². The predicted molar refractivity (Wildman–Crippen MR) is 77.8 cm³/mol. The van der Waals surface area contributed by atoms with Crippen LogP contribution in [0.1, 0.15) is 12.5 Å². The molecule has 0 radical (unpaired) electrons. The van der Waals surface area contributed by atoms with Crippen molar-refractivity contribution in [3.8, 4) is 0 Å². The van der Waals surface area contributed by atoms with E-state index in [1.165, 1.54) is 0 Å². The monoisotopic (exact) mass is 290 g/mol. The second-order valence-corrected chi connectivity index (χ2v) is 5.58. The first kappa shape index (κ1) is 14.3. The van der Waals surface area contributed by atoms with Gasteiger partial charge in [0, 0.05) is 5.69 Å². The first-order chi connectivity index (χ1) is 9.54. The third-order valence-corrected chi connectivity index (χ3v) is 3.51. The molecule has 0 aliphatic carbocycles. The molecule has 0 bridgehead atoms. The fourth-order valence-electron chi connectivity index (χ4n) is 1.45. The number of aromatic nitrogens is 3. The van der Waals surface area contributed by atoms with E-state index in [1.54, 1.807) is 6.92 Å². The van der Waals surface area contributed by atoms with Crippen molar-refractivity contribution in [2.24, 2.45) is 0 Å². The molecule has 0 spiro atoms. The Kier molecular flexibility index (Phi) is 4.52. The van der Waals surface area contributed by atoms with Gasteiger partial charge in [-0.25, -0.2) is 0 Å². The second-order valence-electron chi connectivity index (χ2n) is 4.25. The number of carbonyl (C=O) groups is 1. The molecule has 6 nitrogen and oxygen atoms in total. The first-order valence-corrected chi connectivity index (χ1v) is 6.89. The molecule has 1 heterocycles. The Bertz CT molecular complexity index is 654. The number of aryl methyl sites for hydroxylation is 1. The lowest BCUT2D eigenvalue weighted by Gasteiger charge is -2.11. The van der Waals surface area contributed by atoms with Gasteiger partial charge in [0.15, 0.2) is 5.16 Å². The number of rotatable bonds is 4. The molecule has 0 fully saturated rings. The summed E-state index contributed by atoms with van der Waals surface area (Å²) in [6.07, 6.45) is 1.08. The molecule has 1 atom stereocenters. The zero-order chi connectivity index (χ0) is 14.5. The molecule has 1 unspecified atom stereocenters. The first-order valence-electron chi connectivity index (χ1n) is 6.01. The molecule has 0 aliphatic heterocycles. The molecular formula is C13H14N4O2S. The van der Waals surface area contributed by atoms with Crippen LogP contribution in [0.2, 0.25) is 0 Å². The van der Waals surface area contributed by atoms with Crippen LogP contribution in [0.4, 0.5) is 5.69 Å². The van der Waals surface area contributed by atoms with Crippen LogP contribution in [0.3, 0.4) is 0 Å². The van der Waals surface area contributed by atoms with Gasteiger partial charge in [-0.15, -0.1) is 5.10 Å². The predicted octanol–water partition coefficient (Wildman–Crippen LogP) is 1.59. The molecule has 104 valence electrons. The molecule has 2 aromatic rings. The molecule has 1 aromatic carbocycles. The van der Waals surface area contributed by atoms with Gasteiger partial charge in [-0.2, -0.15) is 5.10 Å². The summed E-state index contributed by atoms with van der Waals surface area (Å²) >= 11 is 1.15. The number of amides is 1. The van der Waals surface area contributed by atoms with E-state index in [9.17, 15) is 9.59 Å². The van der Waals surface area contributed by atoms with E-state index in [1.807, 2.05) is 31.2 Å². The lowest BCUT2D eigenvalue weighted by molar-refractivity contribution is -0.115. The summed E-state index contributed by atoms with van der Waals surface area (Å²) in [5, 5.41) is 10.0. The van der Waals surface area contributed by atoms with Gasteiger partial charge >= 0.3 is 0 Å². The number of H-pyrrole nitrogens is 1. The number of carbonyl (C=O) groups excluding carboxylic acids is 1. The Morgan fingerprint density at radius 1 is 1.35 bits per heavy atom. The van der Waals surface area contributed by atoms with Crippen molar-refractivity contribution in [3.05, 3.63) is 46.4 Å².